The molecule has 0 radical (unpaired) electrons. The second kappa shape index (κ2) is 61.6. The lowest BCUT2D eigenvalue weighted by Gasteiger charge is -2.21. The average molecular weight is 1280 g/mol. The van der Waals surface area contributed by atoms with Crippen LogP contribution < -0.4 is 0 Å². The predicted octanol–water partition coefficient (Wildman–Crippen LogP) is 19.4. The number of hydrogen-bond donors (Lipinski definition) is 3. The van der Waals surface area contributed by atoms with Gasteiger partial charge in [0.05, 0.1) is 26.4 Å². The molecule has 516 valence electrons. The van der Waals surface area contributed by atoms with Crippen LogP contribution in [0.4, 0.5) is 0 Å². The molecule has 0 heterocycles. The maximum atomic E-state index is 13.0. The fourth-order valence-electron chi connectivity index (χ4n) is 10.3. The van der Waals surface area contributed by atoms with Crippen LogP contribution >= 0.6 is 15.6 Å². The summed E-state index contributed by atoms with van der Waals surface area (Å²) in [5.41, 5.74) is 0. The van der Waals surface area contributed by atoms with Crippen molar-refractivity contribution in [3.8, 4) is 0 Å². The highest BCUT2D eigenvalue weighted by atomic mass is 31.2. The van der Waals surface area contributed by atoms with Crippen molar-refractivity contribution in [2.24, 2.45) is 5.92 Å². The van der Waals surface area contributed by atoms with Crippen molar-refractivity contribution in [3.05, 3.63) is 0 Å². The minimum atomic E-state index is -4.95. The lowest BCUT2D eigenvalue weighted by atomic mass is 10.0. The van der Waals surface area contributed by atoms with E-state index >= 15 is 0 Å². The lowest BCUT2D eigenvalue weighted by Crippen LogP contribution is -2.30. The van der Waals surface area contributed by atoms with Gasteiger partial charge in [0.2, 0.25) is 0 Å². The van der Waals surface area contributed by atoms with Crippen molar-refractivity contribution < 1.29 is 80.2 Å². The van der Waals surface area contributed by atoms with Gasteiger partial charge in [-0.15, -0.1) is 0 Å². The first-order valence-corrected chi connectivity index (χ1v) is 38.6. The number of ether oxygens (including phenoxy) is 4. The molecule has 0 aliphatic rings. The van der Waals surface area contributed by atoms with E-state index in [4.69, 9.17) is 37.0 Å². The van der Waals surface area contributed by atoms with Gasteiger partial charge in [0.15, 0.2) is 12.2 Å². The molecule has 0 aromatic carbocycles. The summed E-state index contributed by atoms with van der Waals surface area (Å²) in [4.78, 5) is 72.0. The standard InChI is InChI=1S/C68H132O17P2/c1-6-9-12-15-17-19-21-22-23-24-25-26-27-28-29-30-31-32-34-38-44-49-54-68(73)85-64(58-79-66(71)52-47-42-39-35-36-41-45-50-61(4)5)60-83-87(76,77)81-56-62(69)55-80-86(74,75)82-59-63(57-78-65(70)51-46-40-14-11-8-3)84-67(72)53-48-43-37-33-20-18-16-13-10-7-2/h61-64,69H,6-60H2,1-5H3,(H,74,75)(H,76,77)/t62-,63+,64+/m0/s1. The van der Waals surface area contributed by atoms with Crippen molar-refractivity contribution in [1.82, 2.24) is 0 Å². The number of carbonyl (C=O) groups is 4. The van der Waals surface area contributed by atoms with Crippen LogP contribution in [0.25, 0.3) is 0 Å². The van der Waals surface area contributed by atoms with Gasteiger partial charge in [-0.25, -0.2) is 9.13 Å². The fraction of sp³-hybridized carbons (Fsp3) is 0.941. The van der Waals surface area contributed by atoms with E-state index in [-0.39, 0.29) is 25.7 Å². The zero-order valence-corrected chi connectivity index (χ0v) is 57.9. The molecule has 0 rings (SSSR count). The van der Waals surface area contributed by atoms with Gasteiger partial charge >= 0.3 is 39.5 Å². The summed E-state index contributed by atoms with van der Waals surface area (Å²) in [6.07, 6.45) is 47.9. The molecule has 0 spiro atoms. The van der Waals surface area contributed by atoms with Gasteiger partial charge in [0.1, 0.15) is 19.3 Å². The second-order valence-corrected chi connectivity index (χ2v) is 27.9. The molecule has 3 N–H and O–H groups in total. The average Bonchev–Trinajstić information content (AvgIpc) is 3.49. The smallest absolute Gasteiger partial charge is 0.462 e. The first-order chi connectivity index (χ1) is 42.0. The van der Waals surface area contributed by atoms with Crippen LogP contribution in [0.3, 0.4) is 0 Å². The largest absolute Gasteiger partial charge is 0.472 e. The highest BCUT2D eigenvalue weighted by Gasteiger charge is 2.30. The number of unbranched alkanes of at least 4 members (excludes halogenated alkanes) is 40. The van der Waals surface area contributed by atoms with E-state index < -0.39 is 97.5 Å². The molecule has 0 aromatic rings. The topological polar surface area (TPSA) is 237 Å². The third-order valence-corrected chi connectivity index (χ3v) is 17.7. The monoisotopic (exact) mass is 1280 g/mol. The van der Waals surface area contributed by atoms with Gasteiger partial charge in [-0.05, 0) is 31.6 Å². The quantitative estimate of drug-likeness (QED) is 0.0222. The zero-order chi connectivity index (χ0) is 64.2. The van der Waals surface area contributed by atoms with Gasteiger partial charge in [0.25, 0.3) is 0 Å². The molecule has 0 amide bonds. The molecule has 19 heteroatoms. The minimum absolute atomic E-state index is 0.105. The van der Waals surface area contributed by atoms with E-state index in [2.05, 4.69) is 34.6 Å². The normalized spacial score (nSPS) is 14.1. The summed E-state index contributed by atoms with van der Waals surface area (Å²) in [6, 6.07) is 0. The molecular formula is C68H132O17P2. The Hall–Kier alpha value is -1.94. The Morgan fingerprint density at radius 2 is 0.529 bits per heavy atom. The third kappa shape index (κ3) is 62.6. The molecule has 17 nitrogen and oxygen atoms in total. The summed E-state index contributed by atoms with van der Waals surface area (Å²) in [6.45, 7) is 7.07. The van der Waals surface area contributed by atoms with Crippen LogP contribution in [-0.2, 0) is 65.4 Å². The highest BCUT2D eigenvalue weighted by Crippen LogP contribution is 2.45. The Balaban J connectivity index is 5.05. The molecule has 0 aliphatic heterocycles. The summed E-state index contributed by atoms with van der Waals surface area (Å²) >= 11 is 0. The summed E-state index contributed by atoms with van der Waals surface area (Å²) < 4.78 is 67.9. The van der Waals surface area contributed by atoms with E-state index in [9.17, 15) is 43.2 Å². The van der Waals surface area contributed by atoms with Crippen LogP contribution in [0.15, 0.2) is 0 Å². The van der Waals surface area contributed by atoms with E-state index in [1.807, 2.05) is 0 Å². The van der Waals surface area contributed by atoms with E-state index in [0.29, 0.717) is 31.6 Å². The number of phosphoric ester groups is 2. The highest BCUT2D eigenvalue weighted by molar-refractivity contribution is 7.47. The number of aliphatic hydroxyl groups excluding tert-OH is 1. The van der Waals surface area contributed by atoms with Crippen molar-refractivity contribution in [1.29, 1.82) is 0 Å². The number of esters is 4. The second-order valence-electron chi connectivity index (χ2n) is 25.0. The molecule has 0 bridgehead atoms. The Bertz CT molecular complexity index is 1690. The van der Waals surface area contributed by atoms with Crippen LogP contribution in [0.1, 0.15) is 349 Å². The number of rotatable bonds is 68. The van der Waals surface area contributed by atoms with Crippen LogP contribution in [-0.4, -0.2) is 96.7 Å². The summed E-state index contributed by atoms with van der Waals surface area (Å²) in [5.74, 6) is -1.44. The predicted molar refractivity (Wildman–Crippen MR) is 349 cm³/mol. The maximum absolute atomic E-state index is 13.0. The van der Waals surface area contributed by atoms with E-state index in [1.165, 1.54) is 161 Å². The molecule has 0 saturated heterocycles. The van der Waals surface area contributed by atoms with Crippen LogP contribution in [0.5, 0.6) is 0 Å². The first kappa shape index (κ1) is 85.1. The lowest BCUT2D eigenvalue weighted by molar-refractivity contribution is -0.161. The molecule has 87 heavy (non-hydrogen) atoms. The first-order valence-electron chi connectivity index (χ1n) is 35.6. The third-order valence-electron chi connectivity index (χ3n) is 15.8. The van der Waals surface area contributed by atoms with Crippen molar-refractivity contribution in [2.75, 3.05) is 39.6 Å². The molecule has 0 aliphatic carbocycles. The number of aliphatic hydroxyl groups is 1. The fourth-order valence-corrected chi connectivity index (χ4v) is 11.9. The molecule has 0 fully saturated rings. The molecular weight excluding hydrogens is 1150 g/mol. The van der Waals surface area contributed by atoms with Gasteiger partial charge in [-0.2, -0.15) is 0 Å². The van der Waals surface area contributed by atoms with Crippen LogP contribution in [0.2, 0.25) is 0 Å². The molecule has 0 saturated carbocycles. The van der Waals surface area contributed by atoms with Crippen molar-refractivity contribution in [3.63, 3.8) is 0 Å². The molecule has 0 aromatic heterocycles. The van der Waals surface area contributed by atoms with Gasteiger partial charge in [0, 0.05) is 25.7 Å². The maximum Gasteiger partial charge on any atom is 0.472 e. The number of phosphoric acid groups is 2. The molecule has 2 unspecified atom stereocenters. The van der Waals surface area contributed by atoms with Gasteiger partial charge in [-0.3, -0.25) is 37.3 Å². The number of carbonyl (C=O) groups excluding carboxylic acids is 4. The Kier molecular flexibility index (Phi) is 60.2. The SMILES string of the molecule is CCCCCCCCCCCCCCCCCCCCCCCCC(=O)O[C@H](COC(=O)CCCCCCCCCC(C)C)COP(=O)(O)OC[C@@H](O)COP(=O)(O)OC[C@@H](COC(=O)CCCCCCC)OC(=O)CCCCCCCCCCCC. The van der Waals surface area contributed by atoms with E-state index in [1.54, 1.807) is 0 Å². The zero-order valence-electron chi connectivity index (χ0n) is 56.2. The van der Waals surface area contributed by atoms with Crippen molar-refractivity contribution in [2.45, 2.75) is 368 Å². The van der Waals surface area contributed by atoms with E-state index in [0.717, 1.165) is 103 Å². The van der Waals surface area contributed by atoms with Crippen LogP contribution in [0, 0.1) is 5.92 Å². The Morgan fingerprint density at radius 3 is 0.782 bits per heavy atom. The Morgan fingerprint density at radius 1 is 0.310 bits per heavy atom. The van der Waals surface area contributed by atoms with Crippen molar-refractivity contribution >= 4 is 39.5 Å². The molecule has 5 atom stereocenters. The minimum Gasteiger partial charge on any atom is -0.462 e. The number of hydrogen-bond acceptors (Lipinski definition) is 15. The summed E-state index contributed by atoms with van der Waals surface area (Å²) in [7, 11) is -9.88. The summed E-state index contributed by atoms with van der Waals surface area (Å²) in [5, 5.41) is 10.5. The van der Waals surface area contributed by atoms with Gasteiger partial charge < -0.3 is 33.8 Å². The Labute approximate surface area is 530 Å². The van der Waals surface area contributed by atoms with Gasteiger partial charge in [-0.1, -0.05) is 298 Å².